The molecule has 2 aromatic rings. The van der Waals surface area contributed by atoms with E-state index in [0.717, 1.165) is 6.20 Å². The summed E-state index contributed by atoms with van der Waals surface area (Å²) in [5.41, 5.74) is 0.244. The number of carbonyl (C=O) groups is 1. The summed E-state index contributed by atoms with van der Waals surface area (Å²) in [6.45, 7) is 0. The molecule has 0 unspecified atom stereocenters. The molecule has 18 heavy (non-hydrogen) atoms. The molecule has 0 bridgehead atoms. The first kappa shape index (κ1) is 12.1. The van der Waals surface area contributed by atoms with Crippen molar-refractivity contribution >= 4 is 23.3 Å². The lowest BCUT2D eigenvalue weighted by Gasteiger charge is -2.02. The smallest absolute Gasteiger partial charge is 0.340 e. The van der Waals surface area contributed by atoms with E-state index in [0.29, 0.717) is 5.69 Å². The Morgan fingerprint density at radius 2 is 2.00 bits per heavy atom. The van der Waals surface area contributed by atoms with E-state index in [9.17, 15) is 14.9 Å². The van der Waals surface area contributed by atoms with Gasteiger partial charge in [0.1, 0.15) is 10.7 Å². The van der Waals surface area contributed by atoms with Crippen LogP contribution in [0.4, 0.5) is 5.69 Å². The molecule has 0 saturated carbocycles. The second kappa shape index (κ2) is 4.46. The summed E-state index contributed by atoms with van der Waals surface area (Å²) >= 11 is 5.84. The van der Waals surface area contributed by atoms with Crippen molar-refractivity contribution in [3.05, 3.63) is 51.3 Å². The van der Waals surface area contributed by atoms with Crippen LogP contribution in [0, 0.1) is 10.1 Å². The molecule has 0 atom stereocenters. The molecule has 0 aliphatic rings. The van der Waals surface area contributed by atoms with E-state index in [1.54, 1.807) is 0 Å². The predicted octanol–water partition coefficient (Wildman–Crippen LogP) is 2.13. The van der Waals surface area contributed by atoms with Gasteiger partial charge >= 0.3 is 5.97 Å². The molecule has 0 aliphatic carbocycles. The maximum atomic E-state index is 10.8. The van der Waals surface area contributed by atoms with Crippen LogP contribution in [0.25, 0.3) is 5.69 Å². The molecule has 7 nitrogen and oxygen atoms in total. The third-order valence-electron chi connectivity index (χ3n) is 2.25. The molecular formula is C10H6ClN3O4. The van der Waals surface area contributed by atoms with Gasteiger partial charge in [-0.25, -0.2) is 9.48 Å². The fraction of sp³-hybridized carbons (Fsp3) is 0. The van der Waals surface area contributed by atoms with Crippen molar-refractivity contribution in [2.45, 2.75) is 0 Å². The largest absolute Gasteiger partial charge is 0.478 e. The molecule has 1 N–H and O–H groups in total. The van der Waals surface area contributed by atoms with Gasteiger partial charge < -0.3 is 5.11 Å². The van der Waals surface area contributed by atoms with Crippen LogP contribution < -0.4 is 0 Å². The average molecular weight is 268 g/mol. The number of rotatable bonds is 3. The Morgan fingerprint density at radius 3 is 2.44 bits per heavy atom. The number of benzene rings is 1. The van der Waals surface area contributed by atoms with E-state index < -0.39 is 10.9 Å². The molecule has 0 fully saturated rings. The van der Waals surface area contributed by atoms with Crippen LogP contribution in [-0.4, -0.2) is 25.8 Å². The number of carboxylic acid groups (broad SMARTS) is 1. The molecule has 8 heteroatoms. The summed E-state index contributed by atoms with van der Waals surface area (Å²) in [4.78, 5) is 20.7. The summed E-state index contributed by atoms with van der Waals surface area (Å²) in [6, 6.07) is 5.44. The number of carboxylic acids is 1. The zero-order valence-electron chi connectivity index (χ0n) is 8.78. The zero-order valence-corrected chi connectivity index (χ0v) is 9.53. The van der Waals surface area contributed by atoms with Gasteiger partial charge in [-0.3, -0.25) is 10.1 Å². The standard InChI is InChI=1S/C10H6ClN3O4/c11-9-8(10(15)16)5-12-13(9)6-1-3-7(4-2-6)14(17)18/h1-5H,(H,15,16). The quantitative estimate of drug-likeness (QED) is 0.678. The maximum absolute atomic E-state index is 10.8. The van der Waals surface area contributed by atoms with Crippen molar-refractivity contribution in [1.82, 2.24) is 9.78 Å². The van der Waals surface area contributed by atoms with E-state index in [4.69, 9.17) is 16.7 Å². The van der Waals surface area contributed by atoms with Crippen molar-refractivity contribution < 1.29 is 14.8 Å². The van der Waals surface area contributed by atoms with Gasteiger partial charge in [-0.05, 0) is 12.1 Å². The molecule has 0 saturated heterocycles. The second-order valence-electron chi connectivity index (χ2n) is 3.34. The number of nitrogens with zero attached hydrogens (tertiary/aromatic N) is 3. The van der Waals surface area contributed by atoms with Gasteiger partial charge in [0.05, 0.1) is 16.8 Å². The number of aromatic carboxylic acids is 1. The highest BCUT2D eigenvalue weighted by Gasteiger charge is 2.16. The summed E-state index contributed by atoms with van der Waals surface area (Å²) in [5, 5.41) is 23.1. The molecule has 2 rings (SSSR count). The number of aromatic nitrogens is 2. The highest BCUT2D eigenvalue weighted by atomic mass is 35.5. The fourth-order valence-corrected chi connectivity index (χ4v) is 1.64. The Labute approximate surface area is 105 Å². The van der Waals surface area contributed by atoms with Crippen LogP contribution in [0.5, 0.6) is 0 Å². The summed E-state index contributed by atoms with van der Waals surface area (Å²) in [7, 11) is 0. The number of nitro groups is 1. The van der Waals surface area contributed by atoms with Crippen LogP contribution >= 0.6 is 11.6 Å². The fourth-order valence-electron chi connectivity index (χ4n) is 1.37. The van der Waals surface area contributed by atoms with Gasteiger partial charge in [0.15, 0.2) is 0 Å². The van der Waals surface area contributed by atoms with Crippen molar-refractivity contribution in [2.24, 2.45) is 0 Å². The van der Waals surface area contributed by atoms with Crippen molar-refractivity contribution in [3.63, 3.8) is 0 Å². The molecular weight excluding hydrogens is 262 g/mol. The second-order valence-corrected chi connectivity index (χ2v) is 3.70. The summed E-state index contributed by atoms with van der Waals surface area (Å²) in [6.07, 6.45) is 1.12. The van der Waals surface area contributed by atoms with E-state index >= 15 is 0 Å². The number of hydrogen-bond acceptors (Lipinski definition) is 4. The van der Waals surface area contributed by atoms with E-state index in [1.165, 1.54) is 28.9 Å². The minimum absolute atomic E-state index is 0.0589. The normalized spacial score (nSPS) is 10.3. The molecule has 0 aliphatic heterocycles. The average Bonchev–Trinajstić information content (AvgIpc) is 2.71. The van der Waals surface area contributed by atoms with Crippen molar-refractivity contribution in [1.29, 1.82) is 0 Å². The minimum atomic E-state index is -1.19. The Morgan fingerprint density at radius 1 is 1.39 bits per heavy atom. The van der Waals surface area contributed by atoms with Crippen LogP contribution in [0.15, 0.2) is 30.5 Å². The highest BCUT2D eigenvalue weighted by molar-refractivity contribution is 6.32. The Hall–Kier alpha value is -2.41. The molecule has 0 spiro atoms. The van der Waals surface area contributed by atoms with Gasteiger partial charge in [0.25, 0.3) is 5.69 Å². The molecule has 1 aromatic heterocycles. The highest BCUT2D eigenvalue weighted by Crippen LogP contribution is 2.21. The van der Waals surface area contributed by atoms with Gasteiger partial charge in [0.2, 0.25) is 0 Å². The van der Waals surface area contributed by atoms with Crippen LogP contribution in [0.2, 0.25) is 5.15 Å². The Bertz CT molecular complexity index is 621. The third kappa shape index (κ3) is 2.03. The first-order chi connectivity index (χ1) is 8.50. The minimum Gasteiger partial charge on any atom is -0.478 e. The lowest BCUT2D eigenvalue weighted by Crippen LogP contribution is -1.99. The van der Waals surface area contributed by atoms with E-state index in [1.807, 2.05) is 0 Å². The van der Waals surface area contributed by atoms with Gasteiger partial charge in [-0.2, -0.15) is 5.10 Å². The van der Waals surface area contributed by atoms with Gasteiger partial charge in [0, 0.05) is 12.1 Å². The third-order valence-corrected chi connectivity index (χ3v) is 2.61. The van der Waals surface area contributed by atoms with Gasteiger partial charge in [-0.1, -0.05) is 11.6 Å². The number of halogens is 1. The van der Waals surface area contributed by atoms with Crippen molar-refractivity contribution in [3.8, 4) is 5.69 Å². The number of non-ortho nitro benzene ring substituents is 1. The number of nitro benzene ring substituents is 1. The van der Waals surface area contributed by atoms with E-state index in [2.05, 4.69) is 5.10 Å². The topological polar surface area (TPSA) is 98.3 Å². The lowest BCUT2D eigenvalue weighted by atomic mass is 10.3. The number of hydrogen-bond donors (Lipinski definition) is 1. The Kier molecular flexibility index (Phi) is 2.99. The maximum Gasteiger partial charge on any atom is 0.340 e. The molecule has 0 amide bonds. The van der Waals surface area contributed by atoms with E-state index in [-0.39, 0.29) is 16.4 Å². The Balaban J connectivity index is 2.43. The molecule has 1 heterocycles. The van der Waals surface area contributed by atoms with Crippen LogP contribution in [-0.2, 0) is 0 Å². The molecule has 92 valence electrons. The lowest BCUT2D eigenvalue weighted by molar-refractivity contribution is -0.384. The zero-order chi connectivity index (χ0) is 13.3. The first-order valence-corrected chi connectivity index (χ1v) is 5.10. The predicted molar refractivity (Wildman–Crippen MR) is 62.2 cm³/mol. The van der Waals surface area contributed by atoms with Gasteiger partial charge in [-0.15, -0.1) is 0 Å². The summed E-state index contributed by atoms with van der Waals surface area (Å²) in [5.74, 6) is -1.19. The molecule has 1 aromatic carbocycles. The summed E-state index contributed by atoms with van der Waals surface area (Å²) < 4.78 is 1.19. The van der Waals surface area contributed by atoms with Crippen LogP contribution in [0.1, 0.15) is 10.4 Å². The monoisotopic (exact) mass is 267 g/mol. The SMILES string of the molecule is O=C(O)c1cnn(-c2ccc([N+](=O)[O-])cc2)c1Cl. The van der Waals surface area contributed by atoms with Crippen LogP contribution in [0.3, 0.4) is 0 Å². The molecule has 0 radical (unpaired) electrons. The van der Waals surface area contributed by atoms with Crippen molar-refractivity contribution in [2.75, 3.05) is 0 Å². The first-order valence-electron chi connectivity index (χ1n) is 4.72.